The molecule has 1 aliphatic rings. The van der Waals surface area contributed by atoms with Gasteiger partial charge in [0.15, 0.2) is 0 Å². The summed E-state index contributed by atoms with van der Waals surface area (Å²) < 4.78 is 1.81. The fourth-order valence-corrected chi connectivity index (χ4v) is 3.89. The third-order valence-corrected chi connectivity index (χ3v) is 5.42. The predicted molar refractivity (Wildman–Crippen MR) is 99.8 cm³/mol. The van der Waals surface area contributed by atoms with Crippen LogP contribution in [0, 0.1) is 0 Å². The maximum absolute atomic E-state index is 13.1. The van der Waals surface area contributed by atoms with Crippen LogP contribution < -0.4 is 10.6 Å². The number of benzene rings is 1. The van der Waals surface area contributed by atoms with Gasteiger partial charge in [0.25, 0.3) is 0 Å². The Kier molecular flexibility index (Phi) is 5.16. The van der Waals surface area contributed by atoms with Crippen LogP contribution in [-0.4, -0.2) is 35.3 Å². The van der Waals surface area contributed by atoms with Gasteiger partial charge < -0.3 is 10.6 Å². The Morgan fingerprint density at radius 3 is 2.68 bits per heavy atom. The van der Waals surface area contributed by atoms with Gasteiger partial charge in [0.2, 0.25) is 5.91 Å². The summed E-state index contributed by atoms with van der Waals surface area (Å²) in [6.07, 6.45) is 5.06. The summed E-state index contributed by atoms with van der Waals surface area (Å²) in [5.74, 6) is 0.0258. The minimum Gasteiger partial charge on any atom is -0.353 e. The first-order valence-corrected chi connectivity index (χ1v) is 9.08. The van der Waals surface area contributed by atoms with Gasteiger partial charge in [-0.15, -0.1) is 0 Å². The molecule has 1 aromatic carbocycles. The molecule has 0 saturated carbocycles. The summed E-state index contributed by atoms with van der Waals surface area (Å²) in [4.78, 5) is 13.1. The van der Waals surface area contributed by atoms with E-state index in [9.17, 15) is 4.79 Å². The Hall–Kier alpha value is -1.85. The second kappa shape index (κ2) is 7.18. The maximum Gasteiger partial charge on any atom is 0.248 e. The Labute approximate surface area is 153 Å². The number of aromatic nitrogens is 2. The van der Waals surface area contributed by atoms with Crippen molar-refractivity contribution in [3.8, 4) is 0 Å². The van der Waals surface area contributed by atoms with Crippen LogP contribution in [-0.2, 0) is 15.7 Å². The average molecular weight is 361 g/mol. The molecule has 2 N–H and O–H groups in total. The van der Waals surface area contributed by atoms with Crippen molar-refractivity contribution in [3.63, 3.8) is 0 Å². The van der Waals surface area contributed by atoms with Crippen molar-refractivity contribution in [3.05, 3.63) is 53.3 Å². The lowest BCUT2D eigenvalue weighted by Gasteiger charge is -2.37. The molecular weight excluding hydrogens is 336 g/mol. The normalized spacial score (nSPS) is 17.2. The Morgan fingerprint density at radius 1 is 1.32 bits per heavy atom. The third-order valence-electron chi connectivity index (χ3n) is 5.09. The second-order valence-electron chi connectivity index (χ2n) is 7.28. The quantitative estimate of drug-likeness (QED) is 0.861. The van der Waals surface area contributed by atoms with Gasteiger partial charge in [0, 0.05) is 29.4 Å². The Balaban J connectivity index is 1.77. The van der Waals surface area contributed by atoms with Gasteiger partial charge in [-0.25, -0.2) is 0 Å². The minimum absolute atomic E-state index is 0.0258. The molecule has 0 radical (unpaired) electrons. The van der Waals surface area contributed by atoms with Crippen molar-refractivity contribution in [2.24, 2.45) is 0 Å². The lowest BCUT2D eigenvalue weighted by Crippen LogP contribution is -2.56. The predicted octanol–water partition coefficient (Wildman–Crippen LogP) is 2.71. The molecule has 0 atom stereocenters. The highest BCUT2D eigenvalue weighted by Gasteiger charge is 2.42. The molecule has 1 amide bonds. The highest BCUT2D eigenvalue weighted by atomic mass is 35.5. The first kappa shape index (κ1) is 18.0. The van der Waals surface area contributed by atoms with E-state index in [4.69, 9.17) is 11.6 Å². The van der Waals surface area contributed by atoms with E-state index in [-0.39, 0.29) is 11.3 Å². The summed E-state index contributed by atoms with van der Waals surface area (Å²) in [5.41, 5.74) is 0.160. The molecule has 1 aliphatic heterocycles. The number of rotatable bonds is 5. The van der Waals surface area contributed by atoms with Crippen molar-refractivity contribution >= 4 is 17.5 Å². The van der Waals surface area contributed by atoms with Crippen LogP contribution in [0.3, 0.4) is 0 Å². The molecule has 2 heterocycles. The van der Waals surface area contributed by atoms with Crippen LogP contribution in [0.5, 0.6) is 0 Å². The average Bonchev–Trinajstić information content (AvgIpc) is 3.16. The van der Waals surface area contributed by atoms with Gasteiger partial charge in [0.1, 0.15) is 5.54 Å². The monoisotopic (exact) mass is 360 g/mol. The first-order valence-electron chi connectivity index (χ1n) is 8.70. The molecule has 1 saturated heterocycles. The summed E-state index contributed by atoms with van der Waals surface area (Å²) in [7, 11) is 0. The summed E-state index contributed by atoms with van der Waals surface area (Å²) in [6.45, 7) is 6.32. The van der Waals surface area contributed by atoms with Crippen molar-refractivity contribution in [1.82, 2.24) is 20.4 Å². The zero-order valence-corrected chi connectivity index (χ0v) is 15.5. The molecule has 3 rings (SSSR count). The van der Waals surface area contributed by atoms with E-state index in [1.165, 1.54) is 0 Å². The lowest BCUT2D eigenvalue weighted by atomic mass is 9.83. The van der Waals surface area contributed by atoms with Gasteiger partial charge in [-0.2, -0.15) is 5.10 Å². The topological polar surface area (TPSA) is 59.0 Å². The number of carbonyl (C=O) groups excluding carboxylic acids is 1. The molecule has 134 valence electrons. The molecule has 5 nitrogen and oxygen atoms in total. The molecule has 0 unspecified atom stereocenters. The highest BCUT2D eigenvalue weighted by Crippen LogP contribution is 2.31. The number of nitrogens with zero attached hydrogens (tertiary/aromatic N) is 2. The molecule has 1 aromatic heterocycles. The molecule has 0 aliphatic carbocycles. The highest BCUT2D eigenvalue weighted by molar-refractivity contribution is 6.31. The number of hydrogen-bond acceptors (Lipinski definition) is 3. The van der Waals surface area contributed by atoms with Gasteiger partial charge in [-0.05, 0) is 43.6 Å². The maximum atomic E-state index is 13.1. The molecule has 2 aromatic rings. The second-order valence-corrected chi connectivity index (χ2v) is 7.69. The molecular formula is C19H25ClN4O. The van der Waals surface area contributed by atoms with Crippen molar-refractivity contribution < 1.29 is 4.79 Å². The van der Waals surface area contributed by atoms with Crippen LogP contribution in [0.25, 0.3) is 0 Å². The zero-order valence-electron chi connectivity index (χ0n) is 14.8. The molecule has 1 fully saturated rings. The largest absolute Gasteiger partial charge is 0.353 e. The molecule has 6 heteroatoms. The fourth-order valence-electron chi connectivity index (χ4n) is 3.49. The van der Waals surface area contributed by atoms with Gasteiger partial charge in [0.05, 0.1) is 0 Å². The lowest BCUT2D eigenvalue weighted by molar-refractivity contribution is -0.132. The van der Waals surface area contributed by atoms with Crippen LogP contribution in [0.4, 0.5) is 0 Å². The number of halogens is 1. The summed E-state index contributed by atoms with van der Waals surface area (Å²) in [6, 6.07) is 9.66. The molecule has 0 bridgehead atoms. The summed E-state index contributed by atoms with van der Waals surface area (Å²) in [5, 5.41) is 11.6. The first-order chi connectivity index (χ1) is 12.0. The SMILES string of the molecule is CC(C)(CNC(=O)C1(n2cccn2)CCNCC1)c1ccccc1Cl. The van der Waals surface area contributed by atoms with E-state index >= 15 is 0 Å². The minimum atomic E-state index is -0.620. The standard InChI is InChI=1S/C19H25ClN4O/c1-18(2,15-6-3-4-7-16(15)20)14-22-17(25)19(8-11-21-12-9-19)24-13-5-10-23-24/h3-7,10,13,21H,8-9,11-12,14H2,1-2H3,(H,22,25). The summed E-state index contributed by atoms with van der Waals surface area (Å²) >= 11 is 6.35. The number of hydrogen-bond donors (Lipinski definition) is 2. The van der Waals surface area contributed by atoms with E-state index in [0.29, 0.717) is 6.54 Å². The van der Waals surface area contributed by atoms with Crippen LogP contribution in [0.15, 0.2) is 42.7 Å². The number of piperidine rings is 1. The smallest absolute Gasteiger partial charge is 0.248 e. The number of amides is 1. The van der Waals surface area contributed by atoms with Crippen molar-refractivity contribution in [2.75, 3.05) is 19.6 Å². The molecule has 25 heavy (non-hydrogen) atoms. The van der Waals surface area contributed by atoms with E-state index in [1.807, 2.05) is 41.2 Å². The van der Waals surface area contributed by atoms with E-state index in [2.05, 4.69) is 29.6 Å². The van der Waals surface area contributed by atoms with Crippen molar-refractivity contribution in [1.29, 1.82) is 0 Å². The molecule has 0 spiro atoms. The number of nitrogens with one attached hydrogen (secondary N) is 2. The van der Waals surface area contributed by atoms with Crippen LogP contribution >= 0.6 is 11.6 Å². The van der Waals surface area contributed by atoms with Gasteiger partial charge in [-0.3, -0.25) is 9.48 Å². The van der Waals surface area contributed by atoms with Crippen LogP contribution in [0.1, 0.15) is 32.3 Å². The third kappa shape index (κ3) is 3.58. The van der Waals surface area contributed by atoms with Crippen molar-refractivity contribution in [2.45, 2.75) is 37.6 Å². The van der Waals surface area contributed by atoms with Gasteiger partial charge in [-0.1, -0.05) is 43.6 Å². The van der Waals surface area contributed by atoms with E-state index in [1.54, 1.807) is 6.20 Å². The zero-order chi connectivity index (χ0) is 17.9. The Bertz CT molecular complexity index is 721. The van der Waals surface area contributed by atoms with E-state index < -0.39 is 5.54 Å². The van der Waals surface area contributed by atoms with E-state index in [0.717, 1.165) is 36.5 Å². The van der Waals surface area contributed by atoms with Crippen LogP contribution in [0.2, 0.25) is 5.02 Å². The number of carbonyl (C=O) groups is 1. The Morgan fingerprint density at radius 2 is 2.04 bits per heavy atom. The van der Waals surface area contributed by atoms with Gasteiger partial charge >= 0.3 is 0 Å². The fraction of sp³-hybridized carbons (Fsp3) is 0.474.